The first-order valence-electron chi connectivity index (χ1n) is 4.49. The van der Waals surface area contributed by atoms with Crippen molar-refractivity contribution >= 4 is 17.3 Å². The summed E-state index contributed by atoms with van der Waals surface area (Å²) in [7, 11) is 0. The number of hydrogen-bond donors (Lipinski definition) is 1. The molecule has 0 aliphatic heterocycles. The van der Waals surface area contributed by atoms with Crippen LogP contribution >= 0.6 is 11.3 Å². The number of carbonyl (C=O) groups is 1. The van der Waals surface area contributed by atoms with Crippen LogP contribution in [0.3, 0.4) is 0 Å². The molecule has 0 saturated heterocycles. The molecule has 0 aromatic carbocycles. The van der Waals surface area contributed by atoms with E-state index in [2.05, 4.69) is 4.98 Å². The van der Waals surface area contributed by atoms with Gasteiger partial charge in [-0.3, -0.25) is 0 Å². The Morgan fingerprint density at radius 2 is 2.47 bits per heavy atom. The van der Waals surface area contributed by atoms with Gasteiger partial charge in [-0.2, -0.15) is 0 Å². The third kappa shape index (κ3) is 1.78. The van der Waals surface area contributed by atoms with E-state index in [1.807, 2.05) is 6.92 Å². The molecule has 0 aliphatic rings. The number of aryl methyl sites for hydroxylation is 1. The summed E-state index contributed by atoms with van der Waals surface area (Å²) in [5.74, 6) is -0.315. The summed E-state index contributed by atoms with van der Waals surface area (Å²) in [6.45, 7) is 1.88. The Morgan fingerprint density at radius 1 is 1.67 bits per heavy atom. The highest BCUT2D eigenvalue weighted by molar-refractivity contribution is 7.16. The minimum absolute atomic E-state index is 0.295. The first-order chi connectivity index (χ1) is 7.22. The number of rotatable bonds is 3. The molecule has 1 N–H and O–H groups in total. The SMILES string of the molecule is CCc1nc(-c2ccco2)sc1C(=O)O. The maximum Gasteiger partial charge on any atom is 0.347 e. The van der Waals surface area contributed by atoms with Crippen LogP contribution in [0.25, 0.3) is 10.8 Å². The van der Waals surface area contributed by atoms with Gasteiger partial charge in [0.1, 0.15) is 4.88 Å². The van der Waals surface area contributed by atoms with Gasteiger partial charge in [-0.15, -0.1) is 11.3 Å². The van der Waals surface area contributed by atoms with Crippen molar-refractivity contribution in [3.8, 4) is 10.8 Å². The second-order valence-corrected chi connectivity index (χ2v) is 3.93. The molecule has 0 unspecified atom stereocenters. The highest BCUT2D eigenvalue weighted by Gasteiger charge is 2.17. The molecule has 0 aliphatic carbocycles. The van der Waals surface area contributed by atoms with Crippen LogP contribution in [0.15, 0.2) is 22.8 Å². The van der Waals surface area contributed by atoms with Crippen molar-refractivity contribution in [1.29, 1.82) is 0 Å². The van der Waals surface area contributed by atoms with E-state index in [4.69, 9.17) is 9.52 Å². The summed E-state index contributed by atoms with van der Waals surface area (Å²) in [6, 6.07) is 3.52. The van der Waals surface area contributed by atoms with Gasteiger partial charge >= 0.3 is 5.97 Å². The molecule has 2 aromatic heterocycles. The van der Waals surface area contributed by atoms with E-state index in [1.54, 1.807) is 18.4 Å². The summed E-state index contributed by atoms with van der Waals surface area (Å²) >= 11 is 1.15. The Labute approximate surface area is 90.2 Å². The van der Waals surface area contributed by atoms with Crippen LogP contribution in [-0.4, -0.2) is 16.1 Å². The number of hydrogen-bond acceptors (Lipinski definition) is 4. The standard InChI is InChI=1S/C10H9NO3S/c1-2-6-8(10(12)13)15-9(11-6)7-4-3-5-14-7/h3-5H,2H2,1H3,(H,12,13). The second kappa shape index (κ2) is 3.86. The fourth-order valence-electron chi connectivity index (χ4n) is 1.26. The Morgan fingerprint density at radius 3 is 2.93 bits per heavy atom. The molecule has 0 atom stereocenters. The lowest BCUT2D eigenvalue weighted by Gasteiger charge is -1.89. The van der Waals surface area contributed by atoms with E-state index in [9.17, 15) is 4.79 Å². The average Bonchev–Trinajstić information content (AvgIpc) is 2.86. The van der Waals surface area contributed by atoms with Crippen LogP contribution in [0.1, 0.15) is 22.3 Å². The highest BCUT2D eigenvalue weighted by atomic mass is 32.1. The van der Waals surface area contributed by atoms with Crippen molar-refractivity contribution in [3.63, 3.8) is 0 Å². The molecule has 2 aromatic rings. The number of aromatic carboxylic acids is 1. The molecule has 0 radical (unpaired) electrons. The zero-order valence-corrected chi connectivity index (χ0v) is 8.87. The van der Waals surface area contributed by atoms with Crippen LogP contribution in [0.4, 0.5) is 0 Å². The van der Waals surface area contributed by atoms with Crippen molar-refractivity contribution in [1.82, 2.24) is 4.98 Å². The Balaban J connectivity index is 2.48. The van der Waals surface area contributed by atoms with E-state index in [1.165, 1.54) is 0 Å². The number of nitrogens with zero attached hydrogens (tertiary/aromatic N) is 1. The summed E-state index contributed by atoms with van der Waals surface area (Å²) in [5, 5.41) is 9.57. The van der Waals surface area contributed by atoms with Gasteiger partial charge in [0.2, 0.25) is 0 Å². The molecule has 15 heavy (non-hydrogen) atoms. The lowest BCUT2D eigenvalue weighted by Crippen LogP contribution is -1.97. The molecule has 0 saturated carbocycles. The van der Waals surface area contributed by atoms with Crippen molar-refractivity contribution in [2.24, 2.45) is 0 Å². The van der Waals surface area contributed by atoms with E-state index in [0.717, 1.165) is 11.3 Å². The molecule has 0 bridgehead atoms. The Bertz CT molecular complexity index is 473. The van der Waals surface area contributed by atoms with Gasteiger partial charge in [0, 0.05) is 0 Å². The van der Waals surface area contributed by atoms with Crippen LogP contribution in [0.2, 0.25) is 0 Å². The van der Waals surface area contributed by atoms with Gasteiger partial charge in [0.25, 0.3) is 0 Å². The van der Waals surface area contributed by atoms with E-state index >= 15 is 0 Å². The fraction of sp³-hybridized carbons (Fsp3) is 0.200. The van der Waals surface area contributed by atoms with E-state index < -0.39 is 5.97 Å². The second-order valence-electron chi connectivity index (χ2n) is 2.93. The molecule has 5 heteroatoms. The summed E-state index contributed by atoms with van der Waals surface area (Å²) in [4.78, 5) is 15.4. The summed E-state index contributed by atoms with van der Waals surface area (Å²) < 4.78 is 5.17. The number of aromatic nitrogens is 1. The van der Waals surface area contributed by atoms with Crippen LogP contribution in [0.5, 0.6) is 0 Å². The average molecular weight is 223 g/mol. The summed E-state index contributed by atoms with van der Waals surface area (Å²) in [6.07, 6.45) is 2.15. The monoisotopic (exact) mass is 223 g/mol. The van der Waals surface area contributed by atoms with Gasteiger partial charge in [0.15, 0.2) is 10.8 Å². The highest BCUT2D eigenvalue weighted by Crippen LogP contribution is 2.28. The van der Waals surface area contributed by atoms with Crippen molar-refractivity contribution in [2.45, 2.75) is 13.3 Å². The minimum Gasteiger partial charge on any atom is -0.477 e. The number of carboxylic acids is 1. The topological polar surface area (TPSA) is 63.3 Å². The van der Waals surface area contributed by atoms with Crippen molar-refractivity contribution in [2.75, 3.05) is 0 Å². The third-order valence-electron chi connectivity index (χ3n) is 1.96. The van der Waals surface area contributed by atoms with Gasteiger partial charge < -0.3 is 9.52 Å². The van der Waals surface area contributed by atoms with Gasteiger partial charge in [-0.25, -0.2) is 9.78 Å². The Hall–Kier alpha value is -1.62. The predicted molar refractivity (Wildman–Crippen MR) is 56.2 cm³/mol. The quantitative estimate of drug-likeness (QED) is 0.868. The van der Waals surface area contributed by atoms with Crippen LogP contribution in [-0.2, 0) is 6.42 Å². The van der Waals surface area contributed by atoms with Crippen LogP contribution < -0.4 is 0 Å². The lowest BCUT2D eigenvalue weighted by molar-refractivity contribution is 0.0701. The van der Waals surface area contributed by atoms with Crippen molar-refractivity contribution < 1.29 is 14.3 Å². The smallest absolute Gasteiger partial charge is 0.347 e. The zero-order valence-electron chi connectivity index (χ0n) is 8.06. The summed E-state index contributed by atoms with van der Waals surface area (Å²) in [5.41, 5.74) is 0.610. The van der Waals surface area contributed by atoms with Crippen LogP contribution in [0, 0.1) is 0 Å². The first kappa shape index (κ1) is 9.92. The molecular weight excluding hydrogens is 214 g/mol. The van der Waals surface area contributed by atoms with Gasteiger partial charge in [-0.1, -0.05) is 6.92 Å². The molecule has 0 fully saturated rings. The molecular formula is C10H9NO3S. The normalized spacial score (nSPS) is 10.5. The molecule has 78 valence electrons. The maximum atomic E-state index is 10.9. The molecule has 2 heterocycles. The zero-order chi connectivity index (χ0) is 10.8. The fourth-order valence-corrected chi connectivity index (χ4v) is 2.23. The predicted octanol–water partition coefficient (Wildman–Crippen LogP) is 2.66. The molecule has 0 amide bonds. The maximum absolute atomic E-state index is 10.9. The minimum atomic E-state index is -0.929. The van der Waals surface area contributed by atoms with Crippen molar-refractivity contribution in [3.05, 3.63) is 29.0 Å². The molecule has 0 spiro atoms. The number of furan rings is 1. The third-order valence-corrected chi connectivity index (χ3v) is 3.06. The van der Waals surface area contributed by atoms with Gasteiger partial charge in [0.05, 0.1) is 12.0 Å². The van der Waals surface area contributed by atoms with E-state index in [-0.39, 0.29) is 0 Å². The first-order valence-corrected chi connectivity index (χ1v) is 5.31. The van der Waals surface area contributed by atoms with E-state index in [0.29, 0.717) is 27.8 Å². The lowest BCUT2D eigenvalue weighted by atomic mass is 10.3. The number of carboxylic acid groups (broad SMARTS) is 1. The largest absolute Gasteiger partial charge is 0.477 e. The Kier molecular flexibility index (Phi) is 2.55. The molecule has 4 nitrogen and oxygen atoms in total. The number of thiazole rings is 1. The molecule has 2 rings (SSSR count). The van der Waals surface area contributed by atoms with Gasteiger partial charge in [-0.05, 0) is 18.6 Å².